The molecule has 1 amide bonds. The minimum absolute atomic E-state index is 0.238. The van der Waals surface area contributed by atoms with E-state index in [1.54, 1.807) is 36.9 Å². The number of carbonyl (C=O) groups excluding carboxylic acids is 1. The van der Waals surface area contributed by atoms with Crippen molar-refractivity contribution < 1.29 is 9.18 Å². The predicted molar refractivity (Wildman–Crippen MR) is 105 cm³/mol. The van der Waals surface area contributed by atoms with Gasteiger partial charge in [-0.25, -0.2) is 9.07 Å². The highest BCUT2D eigenvalue weighted by Gasteiger charge is 2.25. The summed E-state index contributed by atoms with van der Waals surface area (Å²) in [5.41, 5.74) is 0.933. The summed E-state index contributed by atoms with van der Waals surface area (Å²) in [6, 6.07) is 5.24. The van der Waals surface area contributed by atoms with Gasteiger partial charge < -0.3 is 9.88 Å². The Hall–Kier alpha value is -2.81. The smallest absolute Gasteiger partial charge is 0.244 e. The highest BCUT2D eigenvalue weighted by molar-refractivity contribution is 9.10. The fraction of sp³-hybridized carbons (Fsp3) is 0.263. The molecule has 0 spiro atoms. The monoisotopic (exact) mass is 444 g/mol. The SMILES string of the molecule is O=C(/C=C/c1ccc(-n2cc(Br)cn2)c(F)c1)NCCc1nncn1C1CC1. The molecule has 1 aliphatic rings. The molecule has 0 radical (unpaired) electrons. The van der Waals surface area contributed by atoms with Gasteiger partial charge in [0, 0.05) is 31.3 Å². The first-order chi connectivity index (χ1) is 13.6. The van der Waals surface area contributed by atoms with Crippen molar-refractivity contribution in [3.63, 3.8) is 0 Å². The summed E-state index contributed by atoms with van der Waals surface area (Å²) in [5.74, 6) is 0.227. The molecule has 0 bridgehead atoms. The van der Waals surface area contributed by atoms with Crippen LogP contribution < -0.4 is 5.32 Å². The Labute approximate surface area is 169 Å². The molecule has 7 nitrogen and oxygen atoms in total. The van der Waals surface area contributed by atoms with Crippen LogP contribution in [0.2, 0.25) is 0 Å². The lowest BCUT2D eigenvalue weighted by atomic mass is 10.2. The van der Waals surface area contributed by atoms with Crippen LogP contribution in [-0.2, 0) is 11.2 Å². The fourth-order valence-corrected chi connectivity index (χ4v) is 3.16. The molecule has 2 heterocycles. The second-order valence-electron chi connectivity index (χ2n) is 6.57. The highest BCUT2D eigenvalue weighted by atomic mass is 79.9. The van der Waals surface area contributed by atoms with Gasteiger partial charge in [-0.3, -0.25) is 4.79 Å². The molecule has 144 valence electrons. The largest absolute Gasteiger partial charge is 0.352 e. The van der Waals surface area contributed by atoms with Crippen molar-refractivity contribution in [1.29, 1.82) is 0 Å². The maximum atomic E-state index is 14.3. The molecule has 1 fully saturated rings. The number of aromatic nitrogens is 5. The molecule has 0 atom stereocenters. The summed E-state index contributed by atoms with van der Waals surface area (Å²) in [4.78, 5) is 12.0. The van der Waals surface area contributed by atoms with Gasteiger partial charge in [0.05, 0.1) is 10.7 Å². The van der Waals surface area contributed by atoms with Crippen LogP contribution in [-0.4, -0.2) is 37.0 Å². The Balaban J connectivity index is 1.31. The maximum Gasteiger partial charge on any atom is 0.244 e. The topological polar surface area (TPSA) is 77.6 Å². The Morgan fingerprint density at radius 3 is 2.96 bits per heavy atom. The Morgan fingerprint density at radius 1 is 1.39 bits per heavy atom. The minimum atomic E-state index is -0.419. The van der Waals surface area contributed by atoms with Crippen LogP contribution in [0.5, 0.6) is 0 Å². The second-order valence-corrected chi connectivity index (χ2v) is 7.49. The lowest BCUT2D eigenvalue weighted by Crippen LogP contribution is -2.24. The quantitative estimate of drug-likeness (QED) is 0.568. The average molecular weight is 445 g/mol. The number of amides is 1. The van der Waals surface area contributed by atoms with Gasteiger partial charge >= 0.3 is 0 Å². The zero-order valence-electron chi connectivity index (χ0n) is 14.9. The first kappa shape index (κ1) is 18.5. The van der Waals surface area contributed by atoms with Gasteiger partial charge in [-0.1, -0.05) is 6.07 Å². The summed E-state index contributed by atoms with van der Waals surface area (Å²) >= 11 is 3.29. The van der Waals surface area contributed by atoms with Crippen LogP contribution in [0.25, 0.3) is 11.8 Å². The van der Waals surface area contributed by atoms with Crippen molar-refractivity contribution >= 4 is 27.9 Å². The van der Waals surface area contributed by atoms with Crippen molar-refractivity contribution in [1.82, 2.24) is 29.9 Å². The van der Waals surface area contributed by atoms with Crippen LogP contribution in [0, 0.1) is 5.82 Å². The van der Waals surface area contributed by atoms with E-state index in [1.807, 2.05) is 0 Å². The van der Waals surface area contributed by atoms with Gasteiger partial charge in [0.25, 0.3) is 0 Å². The van der Waals surface area contributed by atoms with E-state index in [2.05, 4.69) is 41.1 Å². The Kier molecular flexibility index (Phi) is 5.34. The lowest BCUT2D eigenvalue weighted by Gasteiger charge is -2.05. The first-order valence-corrected chi connectivity index (χ1v) is 9.74. The fourth-order valence-electron chi connectivity index (χ4n) is 2.88. The molecule has 0 aliphatic heterocycles. The normalized spacial score (nSPS) is 13.9. The number of benzene rings is 1. The van der Waals surface area contributed by atoms with Crippen molar-refractivity contribution in [3.05, 3.63) is 64.7 Å². The maximum absolute atomic E-state index is 14.3. The van der Waals surface area contributed by atoms with Crippen LogP contribution in [0.3, 0.4) is 0 Å². The van der Waals surface area contributed by atoms with E-state index < -0.39 is 5.82 Å². The molecule has 0 unspecified atom stereocenters. The molecule has 9 heteroatoms. The number of halogens is 2. The van der Waals surface area contributed by atoms with E-state index >= 15 is 0 Å². The molecule has 4 rings (SSSR count). The molecule has 3 aromatic rings. The van der Waals surface area contributed by atoms with Crippen LogP contribution in [0.4, 0.5) is 4.39 Å². The Bertz CT molecular complexity index is 1020. The first-order valence-electron chi connectivity index (χ1n) is 8.94. The third-order valence-corrected chi connectivity index (χ3v) is 4.84. The average Bonchev–Trinajstić information content (AvgIpc) is 3.26. The molecule has 1 aromatic carbocycles. The standard InChI is InChI=1S/C19H18BrFN6O/c20-14-10-24-27(11-14)17-5-1-13(9-16(17)21)2-6-19(28)22-8-7-18-25-23-12-26(18)15-3-4-15/h1-2,5-6,9-12,15H,3-4,7-8H2,(H,22,28)/b6-2+. The second kappa shape index (κ2) is 8.05. The van der Waals surface area contributed by atoms with E-state index in [9.17, 15) is 9.18 Å². The van der Waals surface area contributed by atoms with Crippen LogP contribution in [0.15, 0.2) is 47.5 Å². The molecule has 28 heavy (non-hydrogen) atoms. The summed E-state index contributed by atoms with van der Waals surface area (Å²) in [5, 5.41) is 14.9. The molecular formula is C19H18BrFN6O. The van der Waals surface area contributed by atoms with Crippen LogP contribution >= 0.6 is 15.9 Å². The molecule has 1 N–H and O–H groups in total. The van der Waals surface area contributed by atoms with Crippen molar-refractivity contribution in [2.75, 3.05) is 6.54 Å². The highest BCUT2D eigenvalue weighted by Crippen LogP contribution is 2.35. The summed E-state index contributed by atoms with van der Waals surface area (Å²) < 4.78 is 18.6. The summed E-state index contributed by atoms with van der Waals surface area (Å²) in [6.07, 6.45) is 10.9. The van der Waals surface area contributed by atoms with E-state index in [-0.39, 0.29) is 5.91 Å². The number of hydrogen-bond donors (Lipinski definition) is 1. The number of rotatable bonds is 7. The molecule has 0 saturated heterocycles. The Morgan fingerprint density at radius 2 is 2.25 bits per heavy atom. The third-order valence-electron chi connectivity index (χ3n) is 4.43. The number of hydrogen-bond acceptors (Lipinski definition) is 4. The lowest BCUT2D eigenvalue weighted by molar-refractivity contribution is -0.116. The third kappa shape index (κ3) is 4.36. The number of nitrogens with zero attached hydrogens (tertiary/aromatic N) is 5. The number of carbonyl (C=O) groups is 1. The molecule has 2 aromatic heterocycles. The van der Waals surface area contributed by atoms with E-state index in [4.69, 9.17) is 0 Å². The summed E-state index contributed by atoms with van der Waals surface area (Å²) in [6.45, 7) is 0.468. The van der Waals surface area contributed by atoms with E-state index in [0.717, 1.165) is 23.1 Å². The minimum Gasteiger partial charge on any atom is -0.352 e. The van der Waals surface area contributed by atoms with Gasteiger partial charge in [0.1, 0.15) is 23.7 Å². The van der Waals surface area contributed by atoms with Crippen molar-refractivity contribution in [3.8, 4) is 5.69 Å². The van der Waals surface area contributed by atoms with E-state index in [0.29, 0.717) is 30.3 Å². The van der Waals surface area contributed by atoms with Crippen molar-refractivity contribution in [2.24, 2.45) is 0 Å². The van der Waals surface area contributed by atoms with Gasteiger partial charge in [-0.15, -0.1) is 10.2 Å². The van der Waals surface area contributed by atoms with Gasteiger partial charge in [-0.2, -0.15) is 5.10 Å². The van der Waals surface area contributed by atoms with Gasteiger partial charge in [0.2, 0.25) is 5.91 Å². The molecular weight excluding hydrogens is 427 g/mol. The zero-order chi connectivity index (χ0) is 19.5. The van der Waals surface area contributed by atoms with Gasteiger partial charge in [0.15, 0.2) is 0 Å². The zero-order valence-corrected chi connectivity index (χ0v) is 16.5. The molecule has 1 aliphatic carbocycles. The number of nitrogens with one attached hydrogen (secondary N) is 1. The van der Waals surface area contributed by atoms with E-state index in [1.165, 1.54) is 16.8 Å². The van der Waals surface area contributed by atoms with Crippen molar-refractivity contribution in [2.45, 2.75) is 25.3 Å². The molecule has 1 saturated carbocycles. The summed E-state index contributed by atoms with van der Waals surface area (Å²) in [7, 11) is 0. The predicted octanol–water partition coefficient (Wildman–Crippen LogP) is 3.07. The van der Waals surface area contributed by atoms with Crippen LogP contribution in [0.1, 0.15) is 30.3 Å². The van der Waals surface area contributed by atoms with Gasteiger partial charge in [-0.05, 0) is 52.5 Å².